The third kappa shape index (κ3) is 4.09. The molecule has 1 aromatic heterocycles. The molecule has 194 valence electrons. The lowest BCUT2D eigenvalue weighted by Crippen LogP contribution is -2.49. The number of ether oxygens (including phenoxy) is 2. The first-order valence-electron chi connectivity index (χ1n) is 12.0. The normalized spacial score (nSPS) is 18.2. The third-order valence-electron chi connectivity index (χ3n) is 6.99. The lowest BCUT2D eigenvalue weighted by atomic mass is 10.1. The van der Waals surface area contributed by atoms with Crippen LogP contribution in [0.2, 0.25) is 0 Å². The van der Waals surface area contributed by atoms with Gasteiger partial charge >= 0.3 is 0 Å². The molecule has 12 heteroatoms. The SMILES string of the molecule is O=C([O-])c1cn(C2CC2)c2cc(N3CCN(S(=O)(=O)c4ccc5c(c4)OCCO5)CC3)c(F)cc2c1=O. The monoisotopic (exact) mass is 528 g/mol. The van der Waals surface area contributed by atoms with E-state index in [2.05, 4.69) is 0 Å². The summed E-state index contributed by atoms with van der Waals surface area (Å²) in [6.07, 6.45) is 2.93. The summed E-state index contributed by atoms with van der Waals surface area (Å²) in [5.74, 6) is -1.39. The van der Waals surface area contributed by atoms with Gasteiger partial charge in [0.25, 0.3) is 0 Å². The third-order valence-corrected chi connectivity index (χ3v) is 8.89. The largest absolute Gasteiger partial charge is 0.545 e. The Morgan fingerprint density at radius 3 is 2.38 bits per heavy atom. The number of nitrogens with zero attached hydrogens (tertiary/aromatic N) is 3. The number of carbonyl (C=O) groups excluding carboxylic acids is 1. The Kier molecular flexibility index (Phi) is 5.60. The second-order valence-corrected chi connectivity index (χ2v) is 11.3. The Balaban J connectivity index is 1.28. The van der Waals surface area contributed by atoms with Crippen molar-refractivity contribution in [1.29, 1.82) is 0 Å². The van der Waals surface area contributed by atoms with Crippen molar-refractivity contribution < 1.29 is 32.2 Å². The number of hydrogen-bond donors (Lipinski definition) is 0. The van der Waals surface area contributed by atoms with E-state index in [0.717, 1.165) is 18.9 Å². The molecule has 0 atom stereocenters. The topological polar surface area (TPSA) is 121 Å². The van der Waals surface area contributed by atoms with Gasteiger partial charge in [0.15, 0.2) is 16.9 Å². The van der Waals surface area contributed by atoms with Crippen LogP contribution in [0, 0.1) is 5.82 Å². The number of carboxylic acids is 1. The summed E-state index contributed by atoms with van der Waals surface area (Å²) in [5, 5.41) is 11.4. The highest BCUT2D eigenvalue weighted by atomic mass is 32.2. The average molecular weight is 529 g/mol. The molecule has 2 aromatic carbocycles. The van der Waals surface area contributed by atoms with Gasteiger partial charge in [0.1, 0.15) is 19.0 Å². The molecule has 0 N–H and O–H groups in total. The van der Waals surface area contributed by atoms with Gasteiger partial charge in [-0.25, -0.2) is 12.8 Å². The molecular formula is C25H23FN3O7S-. The number of carboxylic acid groups (broad SMARTS) is 1. The minimum atomic E-state index is -3.80. The van der Waals surface area contributed by atoms with Crippen LogP contribution in [0.15, 0.2) is 46.2 Å². The minimum absolute atomic E-state index is 0.0188. The minimum Gasteiger partial charge on any atom is -0.545 e. The molecular weight excluding hydrogens is 505 g/mol. The number of benzene rings is 2. The smallest absolute Gasteiger partial charge is 0.243 e. The van der Waals surface area contributed by atoms with Crippen molar-refractivity contribution >= 4 is 32.6 Å². The number of halogens is 1. The Morgan fingerprint density at radius 1 is 1.00 bits per heavy atom. The Bertz CT molecular complexity index is 1590. The maximum absolute atomic E-state index is 15.2. The van der Waals surface area contributed by atoms with E-state index < -0.39 is 32.8 Å². The first-order chi connectivity index (χ1) is 17.7. The molecule has 0 unspecified atom stereocenters. The predicted octanol–water partition coefficient (Wildman–Crippen LogP) is 1.12. The molecule has 6 rings (SSSR count). The lowest BCUT2D eigenvalue weighted by molar-refractivity contribution is -0.255. The molecule has 1 aliphatic carbocycles. The molecule has 2 aliphatic heterocycles. The number of hydrogen-bond acceptors (Lipinski definition) is 8. The Hall–Kier alpha value is -3.64. The summed E-state index contributed by atoms with van der Waals surface area (Å²) in [6.45, 7) is 1.48. The van der Waals surface area contributed by atoms with Crippen molar-refractivity contribution in [1.82, 2.24) is 8.87 Å². The van der Waals surface area contributed by atoms with Gasteiger partial charge in [0.05, 0.1) is 27.6 Å². The van der Waals surface area contributed by atoms with Crippen molar-refractivity contribution in [3.63, 3.8) is 0 Å². The van der Waals surface area contributed by atoms with E-state index in [1.165, 1.54) is 22.6 Å². The fourth-order valence-electron chi connectivity index (χ4n) is 4.90. The zero-order valence-electron chi connectivity index (χ0n) is 19.7. The second kappa shape index (κ2) is 8.73. The highest BCUT2D eigenvalue weighted by Crippen LogP contribution is 2.38. The van der Waals surface area contributed by atoms with Gasteiger partial charge in [-0.15, -0.1) is 0 Å². The summed E-state index contributed by atoms with van der Waals surface area (Å²) in [5.41, 5.74) is -0.601. The summed E-state index contributed by atoms with van der Waals surface area (Å²) in [6, 6.07) is 7.17. The van der Waals surface area contributed by atoms with Gasteiger partial charge in [-0.1, -0.05) is 0 Å². The molecule has 3 heterocycles. The number of sulfonamides is 1. The maximum Gasteiger partial charge on any atom is 0.243 e. The van der Waals surface area contributed by atoms with Crippen molar-refractivity contribution in [2.24, 2.45) is 0 Å². The molecule has 1 saturated heterocycles. The number of piperazine rings is 1. The maximum atomic E-state index is 15.2. The van der Waals surface area contributed by atoms with E-state index in [9.17, 15) is 23.1 Å². The molecule has 10 nitrogen and oxygen atoms in total. The summed E-state index contributed by atoms with van der Waals surface area (Å²) < 4.78 is 55.7. The van der Waals surface area contributed by atoms with Crippen LogP contribution in [0.5, 0.6) is 11.5 Å². The molecule has 0 amide bonds. The van der Waals surface area contributed by atoms with E-state index in [4.69, 9.17) is 9.47 Å². The number of fused-ring (bicyclic) bond motifs is 2. The van der Waals surface area contributed by atoms with Crippen molar-refractivity contribution in [3.05, 3.63) is 58.1 Å². The zero-order valence-corrected chi connectivity index (χ0v) is 20.5. The van der Waals surface area contributed by atoms with Gasteiger partial charge in [-0.05, 0) is 37.1 Å². The van der Waals surface area contributed by atoms with E-state index in [-0.39, 0.29) is 48.2 Å². The number of pyridine rings is 1. The van der Waals surface area contributed by atoms with E-state index in [0.29, 0.717) is 30.2 Å². The van der Waals surface area contributed by atoms with Crippen molar-refractivity contribution in [2.75, 3.05) is 44.3 Å². The molecule has 2 fully saturated rings. The molecule has 0 radical (unpaired) electrons. The molecule has 0 bridgehead atoms. The van der Waals surface area contributed by atoms with Crippen LogP contribution in [0.4, 0.5) is 10.1 Å². The van der Waals surface area contributed by atoms with E-state index in [1.807, 2.05) is 0 Å². The quantitative estimate of drug-likeness (QED) is 0.483. The van der Waals surface area contributed by atoms with Gasteiger partial charge in [0.2, 0.25) is 10.0 Å². The van der Waals surface area contributed by atoms with Crippen LogP contribution in [0.1, 0.15) is 29.2 Å². The predicted molar refractivity (Wildman–Crippen MR) is 129 cm³/mol. The first kappa shape index (κ1) is 23.7. The van der Waals surface area contributed by atoms with E-state index >= 15 is 4.39 Å². The van der Waals surface area contributed by atoms with Crippen LogP contribution >= 0.6 is 0 Å². The van der Waals surface area contributed by atoms with Gasteiger partial charge in [-0.2, -0.15) is 4.31 Å². The van der Waals surface area contributed by atoms with Crippen LogP contribution < -0.4 is 24.9 Å². The number of rotatable bonds is 5. The van der Waals surface area contributed by atoms with Crippen LogP contribution in [0.25, 0.3) is 10.9 Å². The zero-order chi connectivity index (χ0) is 25.9. The fraction of sp³-hybridized carbons (Fsp3) is 0.360. The molecule has 37 heavy (non-hydrogen) atoms. The summed E-state index contributed by atoms with van der Waals surface area (Å²) >= 11 is 0. The molecule has 3 aliphatic rings. The van der Waals surface area contributed by atoms with Crippen molar-refractivity contribution in [3.8, 4) is 11.5 Å². The molecule has 3 aromatic rings. The number of aromatic carboxylic acids is 1. The molecule has 1 saturated carbocycles. The summed E-state index contributed by atoms with van der Waals surface area (Å²) in [7, 11) is -3.80. The number of anilines is 1. The van der Waals surface area contributed by atoms with Crippen molar-refractivity contribution in [2.45, 2.75) is 23.8 Å². The standard InChI is InChI=1S/C25H24FN3O7S/c26-19-12-17-20(29(15-1-2-15)14-18(24(17)30)25(31)32)13-21(19)27-5-7-28(8-6-27)37(33,34)16-3-4-22-23(11-16)36-10-9-35-22/h3-4,11-15H,1-2,5-10H2,(H,31,32)/p-1. The highest BCUT2D eigenvalue weighted by molar-refractivity contribution is 7.89. The average Bonchev–Trinajstić information content (AvgIpc) is 3.74. The lowest BCUT2D eigenvalue weighted by Gasteiger charge is -2.35. The van der Waals surface area contributed by atoms with Gasteiger partial charge in [0, 0.05) is 49.9 Å². The second-order valence-electron chi connectivity index (χ2n) is 9.32. The fourth-order valence-corrected chi connectivity index (χ4v) is 6.34. The number of carbonyl (C=O) groups is 1. The Labute approximate surface area is 211 Å². The van der Waals surface area contributed by atoms with Gasteiger partial charge < -0.3 is 28.8 Å². The molecule has 0 spiro atoms. The van der Waals surface area contributed by atoms with Crippen LogP contribution in [-0.4, -0.2) is 62.7 Å². The van der Waals surface area contributed by atoms with Gasteiger partial charge in [-0.3, -0.25) is 4.79 Å². The Morgan fingerprint density at radius 2 is 1.70 bits per heavy atom. The van der Waals surface area contributed by atoms with Crippen LogP contribution in [0.3, 0.4) is 0 Å². The first-order valence-corrected chi connectivity index (χ1v) is 13.4. The van der Waals surface area contributed by atoms with Crippen LogP contribution in [-0.2, 0) is 10.0 Å². The van der Waals surface area contributed by atoms with E-state index in [1.54, 1.807) is 21.6 Å². The summed E-state index contributed by atoms with van der Waals surface area (Å²) in [4.78, 5) is 26.0. The highest BCUT2D eigenvalue weighted by Gasteiger charge is 2.32. The number of aromatic nitrogens is 1.